The molecule has 2 N–H and O–H groups in total. The van der Waals surface area contributed by atoms with Crippen molar-refractivity contribution in [3.8, 4) is 0 Å². The molecule has 0 radical (unpaired) electrons. The van der Waals surface area contributed by atoms with Gasteiger partial charge in [0.05, 0.1) is 12.3 Å². The van der Waals surface area contributed by atoms with Crippen LogP contribution in [0.3, 0.4) is 0 Å². The van der Waals surface area contributed by atoms with Crippen molar-refractivity contribution in [1.82, 2.24) is 5.32 Å². The van der Waals surface area contributed by atoms with Crippen LogP contribution >= 0.6 is 0 Å². The van der Waals surface area contributed by atoms with Gasteiger partial charge < -0.3 is 10.4 Å². The zero-order valence-corrected chi connectivity index (χ0v) is 9.74. The van der Waals surface area contributed by atoms with E-state index in [1.54, 1.807) is 0 Å². The number of aliphatic carboxylic acids is 1. The Kier molecular flexibility index (Phi) is 4.76. The number of benzene rings is 1. The largest absolute Gasteiger partial charge is 0.481 e. The molecule has 0 heterocycles. The quantitative estimate of drug-likeness (QED) is 0.836. The number of halogens is 2. The standard InChI is InChI=1S/C12H13F2NO3/c1-7(12(17)18)6-15-11(16)5-8-9(13)3-2-4-10(8)14/h2-4,7H,5-6H2,1H3,(H,15,16)(H,17,18). The van der Waals surface area contributed by atoms with Crippen LogP contribution < -0.4 is 5.32 Å². The lowest BCUT2D eigenvalue weighted by atomic mass is 10.1. The maximum Gasteiger partial charge on any atom is 0.308 e. The molecule has 0 bridgehead atoms. The number of carbonyl (C=O) groups excluding carboxylic acids is 1. The van der Waals surface area contributed by atoms with E-state index in [4.69, 9.17) is 5.11 Å². The first kappa shape index (κ1) is 14.1. The van der Waals surface area contributed by atoms with Crippen LogP contribution in [0.15, 0.2) is 18.2 Å². The van der Waals surface area contributed by atoms with E-state index in [2.05, 4.69) is 5.32 Å². The van der Waals surface area contributed by atoms with Gasteiger partial charge in [-0.15, -0.1) is 0 Å². The first-order valence-corrected chi connectivity index (χ1v) is 5.34. The number of amides is 1. The molecule has 6 heteroatoms. The minimum absolute atomic E-state index is 0.0791. The molecule has 0 aliphatic carbocycles. The van der Waals surface area contributed by atoms with Crippen LogP contribution in [0.5, 0.6) is 0 Å². The van der Waals surface area contributed by atoms with E-state index < -0.39 is 35.8 Å². The Morgan fingerprint density at radius 3 is 2.39 bits per heavy atom. The molecule has 0 spiro atoms. The molecule has 0 fully saturated rings. The van der Waals surface area contributed by atoms with E-state index in [1.807, 2.05) is 0 Å². The summed E-state index contributed by atoms with van der Waals surface area (Å²) in [5.41, 5.74) is -0.321. The summed E-state index contributed by atoms with van der Waals surface area (Å²) in [6.07, 6.45) is -0.454. The summed E-state index contributed by atoms with van der Waals surface area (Å²) in [7, 11) is 0. The predicted octanol–water partition coefficient (Wildman–Crippen LogP) is 1.34. The van der Waals surface area contributed by atoms with Crippen molar-refractivity contribution in [2.75, 3.05) is 6.54 Å². The average Bonchev–Trinajstić information content (AvgIpc) is 2.30. The summed E-state index contributed by atoms with van der Waals surface area (Å²) < 4.78 is 26.4. The van der Waals surface area contributed by atoms with Gasteiger partial charge in [0.25, 0.3) is 0 Å². The molecule has 98 valence electrons. The van der Waals surface area contributed by atoms with E-state index in [0.717, 1.165) is 12.1 Å². The summed E-state index contributed by atoms with van der Waals surface area (Å²) >= 11 is 0. The van der Waals surface area contributed by atoms with Crippen molar-refractivity contribution in [2.24, 2.45) is 5.92 Å². The molecule has 0 aliphatic heterocycles. The summed E-state index contributed by atoms with van der Waals surface area (Å²) in [5.74, 6) is -4.01. The third-order valence-electron chi connectivity index (χ3n) is 2.43. The molecule has 0 aromatic heterocycles. The van der Waals surface area contributed by atoms with Crippen molar-refractivity contribution in [3.63, 3.8) is 0 Å². The van der Waals surface area contributed by atoms with Crippen LogP contribution in [0.2, 0.25) is 0 Å². The van der Waals surface area contributed by atoms with Crippen LogP contribution in [0.25, 0.3) is 0 Å². The van der Waals surface area contributed by atoms with Crippen LogP contribution in [0.1, 0.15) is 12.5 Å². The number of hydrogen-bond acceptors (Lipinski definition) is 2. The number of carboxylic acids is 1. The van der Waals surface area contributed by atoms with Gasteiger partial charge in [-0.3, -0.25) is 9.59 Å². The number of rotatable bonds is 5. The van der Waals surface area contributed by atoms with Gasteiger partial charge in [-0.2, -0.15) is 0 Å². The van der Waals surface area contributed by atoms with Gasteiger partial charge in [0, 0.05) is 12.1 Å². The fourth-order valence-electron chi connectivity index (χ4n) is 1.28. The first-order valence-electron chi connectivity index (χ1n) is 5.34. The number of carbonyl (C=O) groups is 2. The zero-order chi connectivity index (χ0) is 13.7. The lowest BCUT2D eigenvalue weighted by molar-refractivity contribution is -0.141. The van der Waals surface area contributed by atoms with Crippen LogP contribution in [0.4, 0.5) is 8.78 Å². The van der Waals surface area contributed by atoms with Crippen LogP contribution in [-0.2, 0) is 16.0 Å². The van der Waals surface area contributed by atoms with Gasteiger partial charge in [0.1, 0.15) is 11.6 Å². The Morgan fingerprint density at radius 1 is 1.33 bits per heavy atom. The lowest BCUT2D eigenvalue weighted by Crippen LogP contribution is -2.32. The second-order valence-corrected chi connectivity index (χ2v) is 3.92. The highest BCUT2D eigenvalue weighted by molar-refractivity contribution is 5.79. The molecule has 4 nitrogen and oxygen atoms in total. The molecule has 1 unspecified atom stereocenters. The molecule has 1 aromatic carbocycles. The first-order chi connectivity index (χ1) is 8.41. The van der Waals surface area contributed by atoms with Crippen molar-refractivity contribution < 1.29 is 23.5 Å². The Hall–Kier alpha value is -1.98. The van der Waals surface area contributed by atoms with E-state index in [0.29, 0.717) is 0 Å². The summed E-state index contributed by atoms with van der Waals surface area (Å²) in [6.45, 7) is 1.34. The van der Waals surface area contributed by atoms with Gasteiger partial charge in [0.2, 0.25) is 5.91 Å². The van der Waals surface area contributed by atoms with E-state index in [1.165, 1.54) is 13.0 Å². The van der Waals surface area contributed by atoms with Crippen LogP contribution in [0, 0.1) is 17.6 Å². The van der Waals surface area contributed by atoms with Gasteiger partial charge >= 0.3 is 5.97 Å². The van der Waals surface area contributed by atoms with E-state index in [-0.39, 0.29) is 12.1 Å². The molecular formula is C12H13F2NO3. The number of carboxylic acid groups (broad SMARTS) is 1. The van der Waals surface area contributed by atoms with Gasteiger partial charge in [-0.05, 0) is 12.1 Å². The summed E-state index contributed by atoms with van der Waals surface area (Å²) in [4.78, 5) is 21.9. The Labute approximate surface area is 103 Å². The third-order valence-corrected chi connectivity index (χ3v) is 2.43. The summed E-state index contributed by atoms with van der Waals surface area (Å²) in [5, 5.41) is 10.9. The molecule has 0 aliphatic rings. The Bertz CT molecular complexity index is 442. The maximum absolute atomic E-state index is 13.2. The lowest BCUT2D eigenvalue weighted by Gasteiger charge is -2.09. The maximum atomic E-state index is 13.2. The second-order valence-electron chi connectivity index (χ2n) is 3.92. The van der Waals surface area contributed by atoms with E-state index in [9.17, 15) is 18.4 Å². The van der Waals surface area contributed by atoms with Crippen molar-refractivity contribution >= 4 is 11.9 Å². The molecule has 1 aromatic rings. The molecular weight excluding hydrogens is 244 g/mol. The minimum Gasteiger partial charge on any atom is -0.481 e. The SMILES string of the molecule is CC(CNC(=O)Cc1c(F)cccc1F)C(=O)O. The normalized spacial score (nSPS) is 11.9. The van der Waals surface area contributed by atoms with Crippen LogP contribution in [-0.4, -0.2) is 23.5 Å². The molecule has 0 saturated heterocycles. The highest BCUT2D eigenvalue weighted by atomic mass is 19.1. The predicted molar refractivity (Wildman–Crippen MR) is 59.9 cm³/mol. The van der Waals surface area contributed by atoms with Gasteiger partial charge in [-0.1, -0.05) is 13.0 Å². The van der Waals surface area contributed by atoms with Crippen molar-refractivity contribution in [1.29, 1.82) is 0 Å². The molecule has 1 atom stereocenters. The smallest absolute Gasteiger partial charge is 0.308 e. The Morgan fingerprint density at radius 2 is 1.89 bits per heavy atom. The number of nitrogens with one attached hydrogen (secondary N) is 1. The second kappa shape index (κ2) is 6.09. The molecule has 1 rings (SSSR count). The fraction of sp³-hybridized carbons (Fsp3) is 0.333. The third kappa shape index (κ3) is 3.80. The monoisotopic (exact) mass is 257 g/mol. The minimum atomic E-state index is -1.05. The summed E-state index contributed by atoms with van der Waals surface area (Å²) in [6, 6.07) is 3.33. The Balaban J connectivity index is 2.58. The van der Waals surface area contributed by atoms with Crippen molar-refractivity contribution in [3.05, 3.63) is 35.4 Å². The van der Waals surface area contributed by atoms with Gasteiger partial charge in [-0.25, -0.2) is 8.78 Å². The average molecular weight is 257 g/mol. The van der Waals surface area contributed by atoms with E-state index >= 15 is 0 Å². The number of hydrogen-bond donors (Lipinski definition) is 2. The highest BCUT2D eigenvalue weighted by Gasteiger charge is 2.15. The molecule has 1 amide bonds. The molecule has 0 saturated carbocycles. The topological polar surface area (TPSA) is 66.4 Å². The highest BCUT2D eigenvalue weighted by Crippen LogP contribution is 2.12. The van der Waals surface area contributed by atoms with Gasteiger partial charge in [0.15, 0.2) is 0 Å². The molecule has 18 heavy (non-hydrogen) atoms. The fourth-order valence-corrected chi connectivity index (χ4v) is 1.28. The van der Waals surface area contributed by atoms with Crippen molar-refractivity contribution in [2.45, 2.75) is 13.3 Å². The zero-order valence-electron chi connectivity index (χ0n) is 9.74.